The molecule has 0 saturated heterocycles. The fourth-order valence-electron chi connectivity index (χ4n) is 2.62. The van der Waals surface area contributed by atoms with Crippen molar-refractivity contribution in [3.05, 3.63) is 59.2 Å². The maximum absolute atomic E-state index is 12.4. The van der Waals surface area contributed by atoms with Crippen LogP contribution in [0.4, 0.5) is 5.69 Å². The molecule has 2 aromatic rings. The molecule has 0 bridgehead atoms. The number of aryl methyl sites for hydroxylation is 1. The second kappa shape index (κ2) is 8.47. The highest BCUT2D eigenvalue weighted by Gasteiger charge is 2.15. The van der Waals surface area contributed by atoms with Gasteiger partial charge in [0.15, 0.2) is 0 Å². The van der Waals surface area contributed by atoms with E-state index in [1.54, 1.807) is 6.07 Å². The van der Waals surface area contributed by atoms with Crippen LogP contribution in [0.25, 0.3) is 0 Å². The van der Waals surface area contributed by atoms with Crippen LogP contribution in [0.3, 0.4) is 0 Å². The van der Waals surface area contributed by atoms with E-state index < -0.39 is 10.0 Å². The summed E-state index contributed by atoms with van der Waals surface area (Å²) in [6, 6.07) is 13.4. The first-order valence-electron chi connectivity index (χ1n) is 8.38. The fraction of sp³-hybridized carbons (Fsp3) is 0.368. The first kappa shape index (κ1) is 19.4. The number of hydrogen-bond acceptors (Lipinski definition) is 4. The molecule has 25 heavy (non-hydrogen) atoms. The molecular weight excluding hydrogens is 334 g/mol. The smallest absolute Gasteiger partial charge is 0.240 e. The molecule has 2 rings (SSSR count). The molecule has 0 unspecified atom stereocenters. The van der Waals surface area contributed by atoms with Gasteiger partial charge in [0.1, 0.15) is 0 Å². The van der Waals surface area contributed by atoms with Crippen LogP contribution in [0, 0.1) is 13.8 Å². The molecule has 136 valence electrons. The predicted octanol–water partition coefficient (Wildman–Crippen LogP) is 2.69. The maximum atomic E-state index is 12.4. The maximum Gasteiger partial charge on any atom is 0.240 e. The number of rotatable bonds is 8. The largest absolute Gasteiger partial charge is 0.398 e. The number of benzene rings is 2. The van der Waals surface area contributed by atoms with Crippen LogP contribution < -0.4 is 10.5 Å². The molecule has 6 heteroatoms. The summed E-state index contributed by atoms with van der Waals surface area (Å²) in [6.45, 7) is 5.81. The van der Waals surface area contributed by atoms with E-state index in [0.29, 0.717) is 12.2 Å². The minimum Gasteiger partial charge on any atom is -0.398 e. The molecule has 0 radical (unpaired) electrons. The second-order valence-corrected chi connectivity index (χ2v) is 8.20. The van der Waals surface area contributed by atoms with Crippen molar-refractivity contribution in [2.75, 3.05) is 25.9 Å². The van der Waals surface area contributed by atoms with E-state index in [9.17, 15) is 8.42 Å². The monoisotopic (exact) mass is 361 g/mol. The molecule has 0 heterocycles. The number of anilines is 1. The topological polar surface area (TPSA) is 75.4 Å². The number of hydrogen-bond donors (Lipinski definition) is 2. The zero-order valence-corrected chi connectivity index (χ0v) is 15.9. The molecule has 0 amide bonds. The highest BCUT2D eigenvalue weighted by Crippen LogP contribution is 2.21. The third kappa shape index (κ3) is 5.56. The van der Waals surface area contributed by atoms with Crippen LogP contribution in [0.1, 0.15) is 23.1 Å². The molecule has 3 N–H and O–H groups in total. The Morgan fingerprint density at radius 3 is 2.44 bits per heavy atom. The first-order chi connectivity index (χ1) is 11.8. The van der Waals surface area contributed by atoms with E-state index in [1.165, 1.54) is 11.6 Å². The lowest BCUT2D eigenvalue weighted by Crippen LogP contribution is -2.28. The summed E-state index contributed by atoms with van der Waals surface area (Å²) in [6.07, 6.45) is 0.739. The van der Waals surface area contributed by atoms with Crippen molar-refractivity contribution in [1.82, 2.24) is 9.62 Å². The van der Waals surface area contributed by atoms with Crippen LogP contribution in [0.2, 0.25) is 0 Å². The molecule has 0 aliphatic carbocycles. The third-order valence-corrected chi connectivity index (χ3v) is 5.74. The van der Waals surface area contributed by atoms with Crippen molar-refractivity contribution in [2.45, 2.75) is 31.7 Å². The lowest BCUT2D eigenvalue weighted by Gasteiger charge is -2.17. The Balaban J connectivity index is 1.84. The minimum atomic E-state index is -3.53. The average Bonchev–Trinajstić information content (AvgIpc) is 2.57. The van der Waals surface area contributed by atoms with E-state index in [1.807, 2.05) is 39.1 Å². The predicted molar refractivity (Wildman–Crippen MR) is 103 cm³/mol. The molecule has 0 saturated carbocycles. The number of nitrogens with two attached hydrogens (primary N) is 1. The third-order valence-electron chi connectivity index (χ3n) is 4.30. The summed E-state index contributed by atoms with van der Waals surface area (Å²) in [5, 5.41) is 0. The Morgan fingerprint density at radius 2 is 1.80 bits per heavy atom. The van der Waals surface area contributed by atoms with Crippen LogP contribution in [0.15, 0.2) is 47.4 Å². The number of nitrogens with one attached hydrogen (secondary N) is 1. The lowest BCUT2D eigenvalue weighted by atomic mass is 10.1. The van der Waals surface area contributed by atoms with Gasteiger partial charge in [0.05, 0.1) is 4.90 Å². The molecule has 0 aromatic heterocycles. The average molecular weight is 362 g/mol. The van der Waals surface area contributed by atoms with Gasteiger partial charge < -0.3 is 10.6 Å². The van der Waals surface area contributed by atoms with Gasteiger partial charge in [0.25, 0.3) is 0 Å². The Labute approximate surface area is 150 Å². The summed E-state index contributed by atoms with van der Waals surface area (Å²) in [5.41, 5.74) is 9.43. The van der Waals surface area contributed by atoms with E-state index in [2.05, 4.69) is 21.8 Å². The Hall–Kier alpha value is -1.89. The number of sulfonamides is 1. The Kier molecular flexibility index (Phi) is 6.58. The van der Waals surface area contributed by atoms with Crippen molar-refractivity contribution in [3.63, 3.8) is 0 Å². The molecule has 0 aliphatic rings. The minimum absolute atomic E-state index is 0.228. The highest BCUT2D eigenvalue weighted by molar-refractivity contribution is 7.89. The first-order valence-corrected chi connectivity index (χ1v) is 9.87. The highest BCUT2D eigenvalue weighted by atomic mass is 32.2. The van der Waals surface area contributed by atoms with Gasteiger partial charge in [-0.05, 0) is 62.7 Å². The van der Waals surface area contributed by atoms with Gasteiger partial charge in [-0.2, -0.15) is 0 Å². The normalized spacial score (nSPS) is 11.8. The van der Waals surface area contributed by atoms with Crippen molar-refractivity contribution in [3.8, 4) is 0 Å². The van der Waals surface area contributed by atoms with E-state index in [4.69, 9.17) is 5.73 Å². The van der Waals surface area contributed by atoms with Crippen molar-refractivity contribution in [2.24, 2.45) is 0 Å². The molecular formula is C19H27N3O2S. The van der Waals surface area contributed by atoms with Gasteiger partial charge >= 0.3 is 0 Å². The Bertz CT molecular complexity index is 782. The van der Waals surface area contributed by atoms with Gasteiger partial charge in [-0.1, -0.05) is 30.3 Å². The summed E-state index contributed by atoms with van der Waals surface area (Å²) >= 11 is 0. The van der Waals surface area contributed by atoms with Gasteiger partial charge in [-0.15, -0.1) is 0 Å². The lowest BCUT2D eigenvalue weighted by molar-refractivity contribution is 0.322. The van der Waals surface area contributed by atoms with Crippen molar-refractivity contribution < 1.29 is 8.42 Å². The zero-order valence-electron chi connectivity index (χ0n) is 15.1. The van der Waals surface area contributed by atoms with Crippen LogP contribution >= 0.6 is 0 Å². The molecule has 0 spiro atoms. The summed E-state index contributed by atoms with van der Waals surface area (Å²) in [7, 11) is -1.49. The number of nitrogen functional groups attached to an aromatic ring is 1. The summed E-state index contributed by atoms with van der Waals surface area (Å²) in [4.78, 5) is 2.41. The van der Waals surface area contributed by atoms with Crippen LogP contribution in [0.5, 0.6) is 0 Å². The fourth-order valence-corrected chi connectivity index (χ4v) is 3.81. The molecule has 2 aromatic carbocycles. The van der Waals surface area contributed by atoms with Crippen LogP contribution in [-0.2, 0) is 16.6 Å². The zero-order chi connectivity index (χ0) is 18.4. The standard InChI is InChI=1S/C19H27N3O2S/c1-15-12-18(13-19(20)16(15)2)25(23,24)21-10-7-11-22(3)14-17-8-5-4-6-9-17/h4-6,8-9,12-13,21H,7,10-11,14,20H2,1-3H3. The van der Waals surface area contributed by atoms with Crippen molar-refractivity contribution >= 4 is 15.7 Å². The second-order valence-electron chi connectivity index (χ2n) is 6.43. The van der Waals surface area contributed by atoms with Crippen molar-refractivity contribution in [1.29, 1.82) is 0 Å². The molecule has 0 atom stereocenters. The van der Waals surface area contributed by atoms with Gasteiger partial charge in [-0.25, -0.2) is 13.1 Å². The molecule has 0 fully saturated rings. The SMILES string of the molecule is Cc1cc(S(=O)(=O)NCCCN(C)Cc2ccccc2)cc(N)c1C. The Morgan fingerprint density at radius 1 is 1.12 bits per heavy atom. The van der Waals surface area contributed by atoms with Gasteiger partial charge in [-0.3, -0.25) is 0 Å². The molecule has 5 nitrogen and oxygen atoms in total. The number of nitrogens with zero attached hydrogens (tertiary/aromatic N) is 1. The van der Waals surface area contributed by atoms with Gasteiger partial charge in [0.2, 0.25) is 10.0 Å². The van der Waals surface area contributed by atoms with E-state index in [0.717, 1.165) is 30.6 Å². The summed E-state index contributed by atoms with van der Waals surface area (Å²) < 4.78 is 27.5. The quantitative estimate of drug-likeness (QED) is 0.560. The summed E-state index contributed by atoms with van der Waals surface area (Å²) in [5.74, 6) is 0. The van der Waals surface area contributed by atoms with E-state index >= 15 is 0 Å². The van der Waals surface area contributed by atoms with E-state index in [-0.39, 0.29) is 4.90 Å². The van der Waals surface area contributed by atoms with Gasteiger partial charge in [0, 0.05) is 18.8 Å². The van der Waals surface area contributed by atoms with Crippen LogP contribution in [-0.4, -0.2) is 33.5 Å². The molecule has 0 aliphatic heterocycles.